The van der Waals surface area contributed by atoms with Crippen LogP contribution in [-0.4, -0.2) is 80.4 Å². The molecule has 0 spiro atoms. The van der Waals surface area contributed by atoms with Crippen LogP contribution in [0.1, 0.15) is 19.4 Å². The largest absolute Gasteiger partial charge is 0.488 e. The summed E-state index contributed by atoms with van der Waals surface area (Å²) in [6.07, 6.45) is -0.659. The number of hydrogen-bond donors (Lipinski definition) is 3. The van der Waals surface area contributed by atoms with E-state index in [9.17, 15) is 23.1 Å². The summed E-state index contributed by atoms with van der Waals surface area (Å²) in [4.78, 5) is 27.9. The van der Waals surface area contributed by atoms with Crippen LogP contribution in [0, 0.1) is 5.92 Å². The highest BCUT2D eigenvalue weighted by atomic mass is 32.2. The van der Waals surface area contributed by atoms with Crippen LogP contribution < -0.4 is 24.8 Å². The Labute approximate surface area is 254 Å². The summed E-state index contributed by atoms with van der Waals surface area (Å²) in [5.74, 6) is 1.04. The molecule has 12 nitrogen and oxygen atoms in total. The van der Waals surface area contributed by atoms with Crippen LogP contribution in [0.15, 0.2) is 58.1 Å². The van der Waals surface area contributed by atoms with Gasteiger partial charge in [0.15, 0.2) is 11.5 Å². The van der Waals surface area contributed by atoms with Gasteiger partial charge in [0.2, 0.25) is 12.7 Å². The average Bonchev–Trinajstić information content (AvgIpc) is 3.69. The van der Waals surface area contributed by atoms with Gasteiger partial charge < -0.3 is 34.9 Å². The monoisotopic (exact) mass is 630 g/mol. The fourth-order valence-electron chi connectivity index (χ4n) is 4.91. The van der Waals surface area contributed by atoms with Crippen molar-refractivity contribution >= 4 is 44.7 Å². The number of aliphatic hydroxyl groups is 1. The summed E-state index contributed by atoms with van der Waals surface area (Å²) < 4.78 is 44.9. The molecular weight excluding hydrogens is 596 g/mol. The molecule has 3 N–H and O–H groups in total. The van der Waals surface area contributed by atoms with Gasteiger partial charge >= 0.3 is 6.03 Å². The van der Waals surface area contributed by atoms with Gasteiger partial charge in [-0.1, -0.05) is 13.0 Å². The summed E-state index contributed by atoms with van der Waals surface area (Å²) in [6.45, 7) is 3.83. The molecule has 0 aliphatic carbocycles. The Kier molecular flexibility index (Phi) is 9.11. The number of carbonyl (C=O) groups excluding carboxylic acids is 2. The summed E-state index contributed by atoms with van der Waals surface area (Å²) >= 11 is 1.14. The average molecular weight is 631 g/mol. The summed E-state index contributed by atoms with van der Waals surface area (Å²) in [6, 6.07) is 12.3. The maximum Gasteiger partial charge on any atom is 0.323 e. The molecule has 3 atom stereocenters. The number of benzene rings is 2. The van der Waals surface area contributed by atoms with Crippen molar-refractivity contribution in [3.8, 4) is 17.2 Å². The van der Waals surface area contributed by atoms with Crippen molar-refractivity contribution in [3.63, 3.8) is 0 Å². The molecule has 14 heteroatoms. The topological polar surface area (TPSA) is 147 Å². The van der Waals surface area contributed by atoms with E-state index in [0.29, 0.717) is 34.2 Å². The minimum Gasteiger partial charge on any atom is -0.488 e. The Hall–Kier alpha value is -3.85. The lowest BCUT2D eigenvalue weighted by Crippen LogP contribution is -2.48. The van der Waals surface area contributed by atoms with Gasteiger partial charge in [-0.15, -0.1) is 11.3 Å². The van der Waals surface area contributed by atoms with Crippen LogP contribution in [-0.2, 0) is 21.2 Å². The van der Waals surface area contributed by atoms with E-state index in [-0.39, 0.29) is 48.9 Å². The lowest BCUT2D eigenvalue weighted by Gasteiger charge is -2.33. The minimum atomic E-state index is -3.74. The summed E-state index contributed by atoms with van der Waals surface area (Å²) in [7, 11) is -2.24. The van der Waals surface area contributed by atoms with E-state index in [4.69, 9.17) is 14.2 Å². The molecule has 230 valence electrons. The zero-order chi connectivity index (χ0) is 30.7. The zero-order valence-corrected chi connectivity index (χ0v) is 25.6. The summed E-state index contributed by atoms with van der Waals surface area (Å²) in [5, 5.41) is 17.1. The number of sulfonamides is 1. The fourth-order valence-corrected chi connectivity index (χ4v) is 7.29. The smallest absolute Gasteiger partial charge is 0.323 e. The Morgan fingerprint density at radius 1 is 1.12 bits per heavy atom. The lowest BCUT2D eigenvalue weighted by atomic mass is 10.0. The zero-order valence-electron chi connectivity index (χ0n) is 24.0. The number of carbonyl (C=O) groups is 2. The number of hydrogen-bond acceptors (Lipinski definition) is 9. The standard InChI is InChI=1S/C29H34N4O8S2/c1-18-14-33(19(2)16-34)27(35)12-20-11-21(30-29(36)31-22-7-9-24-25(13-22)40-17-39-24)6-8-23(20)41-26(18)15-32(3)43(37,38)28-5-4-10-42-28/h4-11,13,18-19,26,34H,12,14-17H2,1-3H3,(H2,30,31,36)/t18-,19+,26-/m1/s1. The number of urea groups is 1. The molecule has 3 heterocycles. The molecule has 3 aromatic rings. The highest BCUT2D eigenvalue weighted by Gasteiger charge is 2.33. The van der Waals surface area contributed by atoms with E-state index in [0.717, 1.165) is 11.3 Å². The van der Waals surface area contributed by atoms with Crippen LogP contribution >= 0.6 is 11.3 Å². The number of nitrogens with zero attached hydrogens (tertiary/aromatic N) is 2. The van der Waals surface area contributed by atoms with Crippen LogP contribution in [0.3, 0.4) is 0 Å². The predicted octanol–water partition coefficient (Wildman–Crippen LogP) is 3.59. The number of fused-ring (bicyclic) bond motifs is 2. The number of ether oxygens (including phenoxy) is 3. The third kappa shape index (κ3) is 6.88. The molecule has 5 rings (SSSR count). The van der Waals surface area contributed by atoms with Gasteiger partial charge in [0.1, 0.15) is 16.1 Å². The third-order valence-corrected chi connectivity index (χ3v) is 10.6. The molecular formula is C29H34N4O8S2. The van der Waals surface area contributed by atoms with E-state index in [1.807, 2.05) is 6.92 Å². The van der Waals surface area contributed by atoms with Crippen molar-refractivity contribution in [3.05, 3.63) is 59.5 Å². The van der Waals surface area contributed by atoms with E-state index >= 15 is 0 Å². The van der Waals surface area contributed by atoms with E-state index in [1.165, 1.54) is 11.4 Å². The molecule has 1 aromatic heterocycles. The first-order chi connectivity index (χ1) is 20.5. The van der Waals surface area contributed by atoms with Crippen LogP contribution in [0.5, 0.6) is 17.2 Å². The molecule has 2 aromatic carbocycles. The van der Waals surface area contributed by atoms with Gasteiger partial charge in [0.05, 0.1) is 25.6 Å². The molecule has 0 unspecified atom stereocenters. The molecule has 0 radical (unpaired) electrons. The van der Waals surface area contributed by atoms with Gasteiger partial charge in [-0.3, -0.25) is 4.79 Å². The number of likely N-dealkylation sites (N-methyl/N-ethyl adjacent to an activating group) is 1. The number of thiophene rings is 1. The molecule has 0 fully saturated rings. The Balaban J connectivity index is 1.38. The molecule has 0 bridgehead atoms. The van der Waals surface area contributed by atoms with Crippen molar-refractivity contribution in [2.45, 2.75) is 36.6 Å². The van der Waals surface area contributed by atoms with Crippen LogP contribution in [0.4, 0.5) is 16.2 Å². The lowest BCUT2D eigenvalue weighted by molar-refractivity contribution is -0.134. The second kappa shape index (κ2) is 12.8. The molecule has 2 aliphatic rings. The first kappa shape index (κ1) is 30.6. The van der Waals surface area contributed by atoms with Crippen LogP contribution in [0.25, 0.3) is 0 Å². The maximum absolute atomic E-state index is 13.5. The first-order valence-electron chi connectivity index (χ1n) is 13.7. The van der Waals surface area contributed by atoms with Gasteiger partial charge in [-0.05, 0) is 48.7 Å². The molecule has 3 amide bonds. The minimum absolute atomic E-state index is 0.0360. The SMILES string of the molecule is C[C@@H]1CN([C@@H](C)CO)C(=O)Cc2cc(NC(=O)Nc3ccc4c(c3)OCO4)ccc2O[C@@H]1CN(C)S(=O)(=O)c1cccs1. The number of amides is 3. The molecule has 2 aliphatic heterocycles. The van der Waals surface area contributed by atoms with Crippen molar-refractivity contribution in [2.24, 2.45) is 5.92 Å². The Morgan fingerprint density at radius 3 is 2.51 bits per heavy atom. The number of aliphatic hydroxyl groups excluding tert-OH is 1. The number of anilines is 2. The highest BCUT2D eigenvalue weighted by molar-refractivity contribution is 7.91. The Bertz CT molecular complexity index is 1580. The third-order valence-electron chi connectivity index (χ3n) is 7.40. The number of rotatable bonds is 8. The van der Waals surface area contributed by atoms with E-state index < -0.39 is 28.2 Å². The molecule has 0 saturated heterocycles. The van der Waals surface area contributed by atoms with Crippen LogP contribution in [0.2, 0.25) is 0 Å². The normalized spacial score (nSPS) is 19.1. The fraction of sp³-hybridized carbons (Fsp3) is 0.379. The second-order valence-electron chi connectivity index (χ2n) is 10.6. The van der Waals surface area contributed by atoms with Crippen molar-refractivity contribution in [1.29, 1.82) is 0 Å². The van der Waals surface area contributed by atoms with Gasteiger partial charge in [-0.25, -0.2) is 13.2 Å². The quantitative estimate of drug-likeness (QED) is 0.342. The summed E-state index contributed by atoms with van der Waals surface area (Å²) in [5.41, 5.74) is 1.45. The Morgan fingerprint density at radius 2 is 1.81 bits per heavy atom. The van der Waals surface area contributed by atoms with Crippen molar-refractivity contribution in [2.75, 3.05) is 44.2 Å². The van der Waals surface area contributed by atoms with Crippen molar-refractivity contribution < 1.29 is 37.3 Å². The van der Waals surface area contributed by atoms with Gasteiger partial charge in [0.25, 0.3) is 10.0 Å². The highest BCUT2D eigenvalue weighted by Crippen LogP contribution is 2.34. The second-order valence-corrected chi connectivity index (χ2v) is 13.8. The molecule has 0 saturated carbocycles. The van der Waals surface area contributed by atoms with E-state index in [1.54, 1.807) is 65.7 Å². The van der Waals surface area contributed by atoms with Crippen molar-refractivity contribution in [1.82, 2.24) is 9.21 Å². The van der Waals surface area contributed by atoms with E-state index in [2.05, 4.69) is 10.6 Å². The first-order valence-corrected chi connectivity index (χ1v) is 16.0. The predicted molar refractivity (Wildman–Crippen MR) is 161 cm³/mol. The molecule has 43 heavy (non-hydrogen) atoms. The van der Waals surface area contributed by atoms with Gasteiger partial charge in [0, 0.05) is 42.5 Å². The van der Waals surface area contributed by atoms with Gasteiger partial charge in [-0.2, -0.15) is 4.31 Å². The number of nitrogens with one attached hydrogen (secondary N) is 2. The maximum atomic E-state index is 13.5.